The molecule has 0 bridgehead atoms. The predicted octanol–water partition coefficient (Wildman–Crippen LogP) is 3.75. The molecule has 0 radical (unpaired) electrons. The molecule has 1 unspecified atom stereocenters. The Kier molecular flexibility index (Phi) is 5.02. The molecule has 0 saturated carbocycles. The number of aryl methyl sites for hydroxylation is 3. The molecule has 0 amide bonds. The van der Waals surface area contributed by atoms with Gasteiger partial charge in [0.1, 0.15) is 0 Å². The summed E-state index contributed by atoms with van der Waals surface area (Å²) in [6.07, 6.45) is 6.79. The van der Waals surface area contributed by atoms with Gasteiger partial charge in [0.2, 0.25) is 0 Å². The molecule has 128 valence electrons. The number of nitrogens with two attached hydrogens (primary N) is 1. The summed E-state index contributed by atoms with van der Waals surface area (Å²) < 4.78 is 0. The highest BCUT2D eigenvalue weighted by atomic mass is 15.1. The summed E-state index contributed by atoms with van der Waals surface area (Å²) in [7, 11) is 0. The van der Waals surface area contributed by atoms with E-state index in [4.69, 9.17) is 5.73 Å². The van der Waals surface area contributed by atoms with Crippen molar-refractivity contribution in [2.75, 3.05) is 6.54 Å². The van der Waals surface area contributed by atoms with E-state index >= 15 is 0 Å². The van der Waals surface area contributed by atoms with E-state index in [1.807, 2.05) is 18.5 Å². The van der Waals surface area contributed by atoms with Gasteiger partial charge in [-0.05, 0) is 73.9 Å². The summed E-state index contributed by atoms with van der Waals surface area (Å²) in [6.45, 7) is 9.78. The van der Waals surface area contributed by atoms with Crippen LogP contribution in [0.15, 0.2) is 36.7 Å². The van der Waals surface area contributed by atoms with Crippen molar-refractivity contribution < 1.29 is 0 Å². The Morgan fingerprint density at radius 2 is 1.79 bits per heavy atom. The zero-order valence-corrected chi connectivity index (χ0v) is 15.2. The fourth-order valence-corrected chi connectivity index (χ4v) is 3.44. The van der Waals surface area contributed by atoms with Crippen LogP contribution in [-0.2, 0) is 19.5 Å². The van der Waals surface area contributed by atoms with Gasteiger partial charge in [0.05, 0.1) is 0 Å². The van der Waals surface area contributed by atoms with Crippen molar-refractivity contribution in [2.45, 2.75) is 58.7 Å². The van der Waals surface area contributed by atoms with Crippen LogP contribution >= 0.6 is 0 Å². The van der Waals surface area contributed by atoms with Crippen LogP contribution in [0.5, 0.6) is 0 Å². The normalized spacial score (nSPS) is 16.8. The van der Waals surface area contributed by atoms with Crippen LogP contribution in [0.4, 0.5) is 0 Å². The molecule has 0 saturated heterocycles. The van der Waals surface area contributed by atoms with Crippen molar-refractivity contribution in [3.8, 4) is 0 Å². The van der Waals surface area contributed by atoms with E-state index in [1.54, 1.807) is 0 Å². The molecule has 1 aliphatic rings. The van der Waals surface area contributed by atoms with Gasteiger partial charge < -0.3 is 5.73 Å². The Morgan fingerprint density at radius 3 is 2.38 bits per heavy atom. The maximum Gasteiger partial charge on any atom is 0.0299 e. The minimum Gasteiger partial charge on any atom is -0.325 e. The fraction of sp³-hybridized carbons (Fsp3) is 0.476. The Morgan fingerprint density at radius 1 is 1.12 bits per heavy atom. The maximum atomic E-state index is 6.55. The van der Waals surface area contributed by atoms with E-state index in [-0.39, 0.29) is 5.54 Å². The minimum atomic E-state index is -0.129. The van der Waals surface area contributed by atoms with Crippen molar-refractivity contribution in [3.63, 3.8) is 0 Å². The number of rotatable bonds is 6. The van der Waals surface area contributed by atoms with E-state index in [9.17, 15) is 0 Å². The van der Waals surface area contributed by atoms with E-state index in [2.05, 4.69) is 48.9 Å². The molecule has 1 atom stereocenters. The van der Waals surface area contributed by atoms with Crippen LogP contribution in [0.3, 0.4) is 0 Å². The van der Waals surface area contributed by atoms with Crippen molar-refractivity contribution >= 4 is 0 Å². The number of pyridine rings is 1. The Labute approximate surface area is 145 Å². The first-order chi connectivity index (χ1) is 11.4. The second-order valence-electron chi connectivity index (χ2n) is 7.68. The van der Waals surface area contributed by atoms with Crippen molar-refractivity contribution in [2.24, 2.45) is 5.73 Å². The lowest BCUT2D eigenvalue weighted by molar-refractivity contribution is 0.244. The number of nitrogens with zero attached hydrogens (tertiary/aromatic N) is 2. The molecule has 3 heteroatoms. The summed E-state index contributed by atoms with van der Waals surface area (Å²) in [6, 6.07) is 8.84. The lowest BCUT2D eigenvalue weighted by Crippen LogP contribution is -2.40. The zero-order valence-electron chi connectivity index (χ0n) is 15.2. The fourth-order valence-electron chi connectivity index (χ4n) is 3.44. The second-order valence-corrected chi connectivity index (χ2v) is 7.68. The average Bonchev–Trinajstić information content (AvgIpc) is 2.95. The molecule has 2 N–H and O–H groups in total. The standard InChI is InChI=1S/C21H29N3/c1-16-11-19-14-24(15-20(19)12-17(16)2)10-8-21(3,22)7-6-18-5-4-9-23-13-18/h4-5,9,11-13H,6-8,10,14-15,22H2,1-3H3. The highest BCUT2D eigenvalue weighted by molar-refractivity contribution is 5.39. The maximum absolute atomic E-state index is 6.55. The average molecular weight is 323 g/mol. The van der Waals surface area contributed by atoms with E-state index in [0.717, 1.165) is 38.9 Å². The van der Waals surface area contributed by atoms with Crippen molar-refractivity contribution in [3.05, 3.63) is 64.5 Å². The first-order valence-electron chi connectivity index (χ1n) is 8.92. The first-order valence-corrected chi connectivity index (χ1v) is 8.92. The smallest absolute Gasteiger partial charge is 0.0299 e. The second kappa shape index (κ2) is 7.04. The third-order valence-electron chi connectivity index (χ3n) is 5.31. The van der Waals surface area contributed by atoms with Gasteiger partial charge in [-0.1, -0.05) is 18.2 Å². The quantitative estimate of drug-likeness (QED) is 0.880. The molecule has 3 nitrogen and oxygen atoms in total. The number of benzene rings is 1. The van der Waals surface area contributed by atoms with Gasteiger partial charge in [-0.2, -0.15) is 0 Å². The van der Waals surface area contributed by atoms with E-state index in [0.29, 0.717) is 0 Å². The summed E-state index contributed by atoms with van der Waals surface area (Å²) >= 11 is 0. The zero-order chi connectivity index (χ0) is 17.2. The largest absolute Gasteiger partial charge is 0.325 e. The Hall–Kier alpha value is -1.71. The molecule has 0 aliphatic carbocycles. The number of fused-ring (bicyclic) bond motifs is 1. The van der Waals surface area contributed by atoms with Gasteiger partial charge in [-0.25, -0.2) is 0 Å². The van der Waals surface area contributed by atoms with Gasteiger partial charge >= 0.3 is 0 Å². The molecule has 1 aromatic carbocycles. The Balaban J connectivity index is 1.50. The van der Waals surface area contributed by atoms with E-state index in [1.165, 1.54) is 27.8 Å². The molecule has 0 fully saturated rings. The highest BCUT2D eigenvalue weighted by Crippen LogP contribution is 2.27. The molecule has 3 rings (SSSR count). The predicted molar refractivity (Wildman–Crippen MR) is 99.8 cm³/mol. The molecule has 0 spiro atoms. The van der Waals surface area contributed by atoms with Crippen LogP contribution in [0.25, 0.3) is 0 Å². The first kappa shape index (κ1) is 17.1. The lowest BCUT2D eigenvalue weighted by Gasteiger charge is -2.27. The third kappa shape index (κ3) is 4.22. The van der Waals surface area contributed by atoms with E-state index < -0.39 is 0 Å². The van der Waals surface area contributed by atoms with Crippen LogP contribution < -0.4 is 5.73 Å². The molecule has 2 heterocycles. The van der Waals surface area contributed by atoms with Crippen molar-refractivity contribution in [1.29, 1.82) is 0 Å². The summed E-state index contributed by atoms with van der Waals surface area (Å²) in [5.74, 6) is 0. The van der Waals surface area contributed by atoms with Crippen LogP contribution in [-0.4, -0.2) is 22.0 Å². The molecular weight excluding hydrogens is 294 g/mol. The highest BCUT2D eigenvalue weighted by Gasteiger charge is 2.23. The molecule has 24 heavy (non-hydrogen) atoms. The van der Waals surface area contributed by atoms with Crippen LogP contribution in [0, 0.1) is 13.8 Å². The van der Waals surface area contributed by atoms with Crippen LogP contribution in [0.1, 0.15) is 47.6 Å². The SMILES string of the molecule is Cc1cc2c(cc1C)CN(CCC(C)(N)CCc1cccnc1)C2. The van der Waals surface area contributed by atoms with Crippen molar-refractivity contribution in [1.82, 2.24) is 9.88 Å². The summed E-state index contributed by atoms with van der Waals surface area (Å²) in [4.78, 5) is 6.71. The third-order valence-corrected chi connectivity index (χ3v) is 5.31. The summed E-state index contributed by atoms with van der Waals surface area (Å²) in [5, 5.41) is 0. The molecule has 1 aromatic heterocycles. The number of aromatic nitrogens is 1. The number of hydrogen-bond donors (Lipinski definition) is 1. The van der Waals surface area contributed by atoms with Gasteiger partial charge in [-0.15, -0.1) is 0 Å². The van der Waals surface area contributed by atoms with Gasteiger partial charge in [-0.3, -0.25) is 9.88 Å². The molecule has 1 aliphatic heterocycles. The minimum absolute atomic E-state index is 0.129. The number of hydrogen-bond acceptors (Lipinski definition) is 3. The topological polar surface area (TPSA) is 42.1 Å². The molecule has 2 aromatic rings. The summed E-state index contributed by atoms with van der Waals surface area (Å²) in [5.41, 5.74) is 13.5. The van der Waals surface area contributed by atoms with Crippen LogP contribution in [0.2, 0.25) is 0 Å². The van der Waals surface area contributed by atoms with Gasteiger partial charge in [0.25, 0.3) is 0 Å². The Bertz CT molecular complexity index is 661. The lowest BCUT2D eigenvalue weighted by atomic mass is 9.91. The monoisotopic (exact) mass is 323 g/mol. The molecular formula is C21H29N3. The van der Waals surface area contributed by atoms with Gasteiger partial charge in [0, 0.05) is 37.6 Å². The van der Waals surface area contributed by atoms with Gasteiger partial charge in [0.15, 0.2) is 0 Å².